The summed E-state index contributed by atoms with van der Waals surface area (Å²) in [6, 6.07) is 10.7. The van der Waals surface area contributed by atoms with Gasteiger partial charge in [0.2, 0.25) is 0 Å². The number of piperazine rings is 1. The topological polar surface area (TPSA) is 32.3 Å². The van der Waals surface area contributed by atoms with Crippen molar-refractivity contribution in [2.45, 2.75) is 0 Å². The minimum Gasteiger partial charge on any atom is -0.369 e. The summed E-state index contributed by atoms with van der Waals surface area (Å²) in [4.78, 5) is 14.7. The van der Waals surface area contributed by atoms with E-state index in [-0.39, 0.29) is 11.3 Å². The average Bonchev–Trinajstić information content (AvgIpc) is 2.82. The minimum atomic E-state index is -0.433. The fourth-order valence-electron chi connectivity index (χ4n) is 3.19. The average molecular weight is 282 g/mol. The van der Waals surface area contributed by atoms with Gasteiger partial charge in [0.05, 0.1) is 5.56 Å². The lowest BCUT2D eigenvalue weighted by atomic mass is 10.0. The fraction of sp³-hybridized carbons (Fsp3) is 0.235. The van der Waals surface area contributed by atoms with Crippen LogP contribution in [0.5, 0.6) is 0 Å². The first-order valence-corrected chi connectivity index (χ1v) is 7.19. The highest BCUT2D eigenvalue weighted by atomic mass is 19.1. The molecule has 0 unspecified atom stereocenters. The van der Waals surface area contributed by atoms with E-state index < -0.39 is 5.82 Å². The molecule has 1 heterocycles. The Morgan fingerprint density at radius 1 is 1.00 bits per heavy atom. The number of hydrogen-bond donors (Lipinski definition) is 1. The summed E-state index contributed by atoms with van der Waals surface area (Å²) >= 11 is 0. The largest absolute Gasteiger partial charge is 0.369 e. The highest BCUT2D eigenvalue weighted by Crippen LogP contribution is 2.39. The molecular formula is C17H15FN2O. The Kier molecular flexibility index (Phi) is 2.79. The summed E-state index contributed by atoms with van der Waals surface area (Å²) in [7, 11) is 0. The van der Waals surface area contributed by atoms with E-state index in [1.54, 1.807) is 6.07 Å². The number of benzene rings is 2. The second-order valence-corrected chi connectivity index (χ2v) is 5.46. The van der Waals surface area contributed by atoms with E-state index in [2.05, 4.69) is 10.2 Å². The van der Waals surface area contributed by atoms with E-state index in [4.69, 9.17) is 0 Å². The molecule has 0 amide bonds. The third kappa shape index (κ3) is 1.87. The second-order valence-electron chi connectivity index (χ2n) is 5.46. The molecule has 0 spiro atoms. The van der Waals surface area contributed by atoms with Gasteiger partial charge in [0.15, 0.2) is 5.78 Å². The molecule has 4 rings (SSSR count). The number of carbonyl (C=O) groups excluding carboxylic acids is 1. The van der Waals surface area contributed by atoms with Crippen molar-refractivity contribution in [1.29, 1.82) is 0 Å². The van der Waals surface area contributed by atoms with Crippen molar-refractivity contribution in [3.8, 4) is 11.1 Å². The molecule has 2 aromatic rings. The predicted octanol–water partition coefficient (Wildman–Crippen LogP) is 2.45. The van der Waals surface area contributed by atoms with Gasteiger partial charge in [0, 0.05) is 37.4 Å². The summed E-state index contributed by atoms with van der Waals surface area (Å²) in [5.41, 5.74) is 3.42. The van der Waals surface area contributed by atoms with Crippen molar-refractivity contribution in [2.75, 3.05) is 31.1 Å². The fourth-order valence-corrected chi connectivity index (χ4v) is 3.19. The van der Waals surface area contributed by atoms with Gasteiger partial charge in [-0.1, -0.05) is 18.2 Å². The Bertz CT molecular complexity index is 736. The van der Waals surface area contributed by atoms with E-state index >= 15 is 0 Å². The Balaban J connectivity index is 1.80. The lowest BCUT2D eigenvalue weighted by molar-refractivity contribution is 0.104. The summed E-state index contributed by atoms with van der Waals surface area (Å²) in [5.74, 6) is -0.632. The molecule has 1 N–H and O–H groups in total. The summed E-state index contributed by atoms with van der Waals surface area (Å²) in [6.45, 7) is 3.74. The number of halogens is 1. The molecule has 0 saturated carbocycles. The summed E-state index contributed by atoms with van der Waals surface area (Å²) in [5, 5.41) is 3.31. The zero-order chi connectivity index (χ0) is 14.4. The first-order valence-electron chi connectivity index (χ1n) is 7.19. The van der Waals surface area contributed by atoms with Crippen LogP contribution in [0.15, 0.2) is 36.4 Å². The van der Waals surface area contributed by atoms with E-state index in [9.17, 15) is 9.18 Å². The minimum absolute atomic E-state index is 0.199. The first-order chi connectivity index (χ1) is 10.3. The molecule has 1 fully saturated rings. The highest BCUT2D eigenvalue weighted by Gasteiger charge is 2.30. The molecule has 0 bridgehead atoms. The van der Waals surface area contributed by atoms with E-state index in [0.29, 0.717) is 11.1 Å². The van der Waals surface area contributed by atoms with Gasteiger partial charge in [-0.05, 0) is 29.3 Å². The number of nitrogens with zero attached hydrogens (tertiary/aromatic N) is 1. The van der Waals surface area contributed by atoms with Gasteiger partial charge >= 0.3 is 0 Å². The number of nitrogens with one attached hydrogen (secondary N) is 1. The first kappa shape index (κ1) is 12.5. The van der Waals surface area contributed by atoms with Crippen LogP contribution in [0.2, 0.25) is 0 Å². The van der Waals surface area contributed by atoms with Gasteiger partial charge in [-0.15, -0.1) is 0 Å². The standard InChI is InChI=1S/C17H15FN2O/c18-15-3-1-2-13-12-5-4-11(20-8-6-19-7-9-20)10-14(12)17(21)16(13)15/h1-5,10,19H,6-9H2. The molecule has 1 aliphatic carbocycles. The van der Waals surface area contributed by atoms with Gasteiger partial charge in [-0.2, -0.15) is 0 Å². The van der Waals surface area contributed by atoms with Crippen LogP contribution in [0.4, 0.5) is 10.1 Å². The van der Waals surface area contributed by atoms with Crippen LogP contribution in [0.3, 0.4) is 0 Å². The van der Waals surface area contributed by atoms with E-state index in [1.165, 1.54) is 6.07 Å². The van der Waals surface area contributed by atoms with Crippen LogP contribution >= 0.6 is 0 Å². The van der Waals surface area contributed by atoms with Crippen molar-refractivity contribution in [1.82, 2.24) is 5.32 Å². The van der Waals surface area contributed by atoms with Gasteiger partial charge in [-0.25, -0.2) is 4.39 Å². The Morgan fingerprint density at radius 2 is 1.81 bits per heavy atom. The van der Waals surface area contributed by atoms with Gasteiger partial charge < -0.3 is 10.2 Å². The Labute approximate surface area is 122 Å². The van der Waals surface area contributed by atoms with Crippen LogP contribution in [0.1, 0.15) is 15.9 Å². The molecule has 21 heavy (non-hydrogen) atoms. The molecule has 2 aliphatic rings. The molecule has 3 nitrogen and oxygen atoms in total. The quantitative estimate of drug-likeness (QED) is 0.744. The molecule has 4 heteroatoms. The molecule has 2 aromatic carbocycles. The number of fused-ring (bicyclic) bond motifs is 3. The van der Waals surface area contributed by atoms with Crippen LogP contribution in [-0.2, 0) is 0 Å². The van der Waals surface area contributed by atoms with Crippen LogP contribution in [0, 0.1) is 5.82 Å². The monoisotopic (exact) mass is 282 g/mol. The van der Waals surface area contributed by atoms with Crippen molar-refractivity contribution in [2.24, 2.45) is 0 Å². The van der Waals surface area contributed by atoms with Crippen molar-refractivity contribution >= 4 is 11.5 Å². The van der Waals surface area contributed by atoms with Crippen LogP contribution < -0.4 is 10.2 Å². The van der Waals surface area contributed by atoms with Crippen LogP contribution in [-0.4, -0.2) is 32.0 Å². The van der Waals surface area contributed by atoms with Crippen molar-refractivity contribution < 1.29 is 9.18 Å². The maximum Gasteiger partial charge on any atom is 0.197 e. The molecule has 1 saturated heterocycles. The number of hydrogen-bond acceptors (Lipinski definition) is 3. The maximum absolute atomic E-state index is 13.9. The smallest absolute Gasteiger partial charge is 0.197 e. The Morgan fingerprint density at radius 3 is 2.62 bits per heavy atom. The zero-order valence-corrected chi connectivity index (χ0v) is 11.5. The number of ketones is 1. The molecule has 0 radical (unpaired) electrons. The zero-order valence-electron chi connectivity index (χ0n) is 11.5. The molecule has 106 valence electrons. The second kappa shape index (κ2) is 4.67. The van der Waals surface area contributed by atoms with Crippen molar-refractivity contribution in [3.63, 3.8) is 0 Å². The predicted molar refractivity (Wildman–Crippen MR) is 80.4 cm³/mol. The molecule has 0 aromatic heterocycles. The highest BCUT2D eigenvalue weighted by molar-refractivity contribution is 6.22. The van der Waals surface area contributed by atoms with E-state index in [1.807, 2.05) is 24.3 Å². The van der Waals surface area contributed by atoms with Crippen LogP contribution in [0.25, 0.3) is 11.1 Å². The van der Waals surface area contributed by atoms with Gasteiger partial charge in [0.25, 0.3) is 0 Å². The number of anilines is 1. The SMILES string of the molecule is O=C1c2cc(N3CCNCC3)ccc2-c2cccc(F)c21. The van der Waals surface area contributed by atoms with E-state index in [0.717, 1.165) is 37.4 Å². The molecule has 1 aliphatic heterocycles. The number of rotatable bonds is 1. The summed E-state index contributed by atoms with van der Waals surface area (Å²) in [6.07, 6.45) is 0. The van der Waals surface area contributed by atoms with Gasteiger partial charge in [0.1, 0.15) is 5.82 Å². The molecule has 0 atom stereocenters. The normalized spacial score (nSPS) is 16.8. The number of carbonyl (C=O) groups is 1. The van der Waals surface area contributed by atoms with Crippen molar-refractivity contribution in [3.05, 3.63) is 53.3 Å². The van der Waals surface area contributed by atoms with Gasteiger partial charge in [-0.3, -0.25) is 4.79 Å². The third-order valence-electron chi connectivity index (χ3n) is 4.26. The maximum atomic E-state index is 13.9. The summed E-state index contributed by atoms with van der Waals surface area (Å²) < 4.78 is 13.9. The molecular weight excluding hydrogens is 267 g/mol. The third-order valence-corrected chi connectivity index (χ3v) is 4.26. The lowest BCUT2D eigenvalue weighted by Gasteiger charge is -2.29. The Hall–Kier alpha value is -2.20. The lowest BCUT2D eigenvalue weighted by Crippen LogP contribution is -2.43.